The van der Waals surface area contributed by atoms with Gasteiger partial charge in [-0.25, -0.2) is 0 Å². The quantitative estimate of drug-likeness (QED) is 0.595. The number of anilines is 2. The van der Waals surface area contributed by atoms with Gasteiger partial charge in [-0.1, -0.05) is 29.2 Å². The fourth-order valence-corrected chi connectivity index (χ4v) is 3.17. The van der Waals surface area contributed by atoms with Crippen molar-refractivity contribution in [3.8, 4) is 5.75 Å². The van der Waals surface area contributed by atoms with Crippen LogP contribution < -0.4 is 10.1 Å². The summed E-state index contributed by atoms with van der Waals surface area (Å²) in [6, 6.07) is 7.72. The molecule has 1 N–H and O–H groups in total. The van der Waals surface area contributed by atoms with Crippen molar-refractivity contribution in [2.75, 3.05) is 31.4 Å². The van der Waals surface area contributed by atoms with E-state index in [1.807, 2.05) is 31.2 Å². The number of methoxy groups -OCH3 is 1. The summed E-state index contributed by atoms with van der Waals surface area (Å²) in [5.41, 5.74) is 0.936. The lowest BCUT2D eigenvalue weighted by molar-refractivity contribution is 0.164. The Bertz CT molecular complexity index is 534. The molecule has 0 amide bonds. The van der Waals surface area contributed by atoms with E-state index in [1.165, 1.54) is 11.3 Å². The van der Waals surface area contributed by atoms with Crippen molar-refractivity contribution in [3.05, 3.63) is 24.3 Å². The number of thioether (sulfide) groups is 1. The van der Waals surface area contributed by atoms with Crippen LogP contribution in [0.2, 0.25) is 0 Å². The van der Waals surface area contributed by atoms with Crippen molar-refractivity contribution >= 4 is 33.9 Å². The second-order valence-corrected chi connectivity index (χ2v) is 6.10. The SMILES string of the molecule is CCOCCSc1nnc(Nc2cccc(OC)c2)s1. The highest BCUT2D eigenvalue weighted by Gasteiger charge is 2.05. The van der Waals surface area contributed by atoms with Gasteiger partial charge in [0.25, 0.3) is 0 Å². The normalized spacial score (nSPS) is 10.5. The molecule has 1 aromatic carbocycles. The van der Waals surface area contributed by atoms with Gasteiger partial charge in [0.1, 0.15) is 5.75 Å². The van der Waals surface area contributed by atoms with Gasteiger partial charge in [-0.05, 0) is 19.1 Å². The molecular weight excluding hydrogens is 294 g/mol. The molecule has 1 heterocycles. The molecule has 108 valence electrons. The smallest absolute Gasteiger partial charge is 0.210 e. The maximum atomic E-state index is 5.29. The standard InChI is InChI=1S/C13H17N3O2S2/c1-3-18-7-8-19-13-16-15-12(20-13)14-10-5-4-6-11(9-10)17-2/h4-6,9H,3,7-8H2,1-2H3,(H,14,15). The summed E-state index contributed by atoms with van der Waals surface area (Å²) in [6.07, 6.45) is 0. The minimum Gasteiger partial charge on any atom is -0.497 e. The number of nitrogens with zero attached hydrogens (tertiary/aromatic N) is 2. The van der Waals surface area contributed by atoms with E-state index in [0.29, 0.717) is 0 Å². The molecule has 0 spiro atoms. The summed E-state index contributed by atoms with van der Waals surface area (Å²) >= 11 is 3.19. The predicted octanol–water partition coefficient (Wildman–Crippen LogP) is 3.42. The largest absolute Gasteiger partial charge is 0.497 e. The first-order valence-corrected chi connectivity index (χ1v) is 8.07. The molecule has 0 radical (unpaired) electrons. The maximum absolute atomic E-state index is 5.29. The Kier molecular flexibility index (Phi) is 6.10. The molecule has 1 aromatic heterocycles. The van der Waals surface area contributed by atoms with E-state index >= 15 is 0 Å². The molecule has 20 heavy (non-hydrogen) atoms. The minimum atomic E-state index is 0.736. The van der Waals surface area contributed by atoms with E-state index < -0.39 is 0 Å². The van der Waals surface area contributed by atoms with Crippen molar-refractivity contribution < 1.29 is 9.47 Å². The Hall–Kier alpha value is -1.31. The topological polar surface area (TPSA) is 56.3 Å². The van der Waals surface area contributed by atoms with Gasteiger partial charge >= 0.3 is 0 Å². The van der Waals surface area contributed by atoms with Gasteiger partial charge in [0.05, 0.1) is 13.7 Å². The number of rotatable bonds is 8. The van der Waals surface area contributed by atoms with Crippen LogP contribution >= 0.6 is 23.1 Å². The van der Waals surface area contributed by atoms with Crippen LogP contribution in [0, 0.1) is 0 Å². The number of hydrogen-bond acceptors (Lipinski definition) is 7. The molecule has 2 rings (SSSR count). The second kappa shape index (κ2) is 8.08. The van der Waals surface area contributed by atoms with E-state index in [0.717, 1.165) is 39.9 Å². The first kappa shape index (κ1) is 15.1. The van der Waals surface area contributed by atoms with Gasteiger partial charge < -0.3 is 14.8 Å². The molecule has 0 aliphatic carbocycles. The summed E-state index contributed by atoms with van der Waals surface area (Å²) in [6.45, 7) is 3.48. The number of hydrogen-bond donors (Lipinski definition) is 1. The highest BCUT2D eigenvalue weighted by molar-refractivity contribution is 8.01. The Morgan fingerprint density at radius 1 is 1.35 bits per heavy atom. The monoisotopic (exact) mass is 311 g/mol. The van der Waals surface area contributed by atoms with E-state index in [9.17, 15) is 0 Å². The fraction of sp³-hybridized carbons (Fsp3) is 0.385. The Labute approximate surface area is 126 Å². The fourth-order valence-electron chi connectivity index (χ4n) is 1.48. The zero-order valence-electron chi connectivity index (χ0n) is 11.5. The highest BCUT2D eigenvalue weighted by atomic mass is 32.2. The summed E-state index contributed by atoms with van der Waals surface area (Å²) < 4.78 is 11.4. The average Bonchev–Trinajstić information content (AvgIpc) is 2.91. The van der Waals surface area contributed by atoms with Crippen LogP contribution in [0.25, 0.3) is 0 Å². The predicted molar refractivity (Wildman–Crippen MR) is 83.4 cm³/mol. The van der Waals surface area contributed by atoms with Crippen LogP contribution in [-0.2, 0) is 4.74 Å². The molecular formula is C13H17N3O2S2. The molecule has 0 bridgehead atoms. The van der Waals surface area contributed by atoms with Crippen LogP contribution in [0.15, 0.2) is 28.6 Å². The highest BCUT2D eigenvalue weighted by Crippen LogP contribution is 2.28. The van der Waals surface area contributed by atoms with Crippen molar-refractivity contribution in [1.29, 1.82) is 0 Å². The minimum absolute atomic E-state index is 0.736. The lowest BCUT2D eigenvalue weighted by Gasteiger charge is -2.04. The lowest BCUT2D eigenvalue weighted by Crippen LogP contribution is -1.95. The summed E-state index contributed by atoms with van der Waals surface area (Å²) in [4.78, 5) is 0. The van der Waals surface area contributed by atoms with Gasteiger partial charge in [-0.3, -0.25) is 0 Å². The molecule has 0 saturated carbocycles. The second-order valence-electron chi connectivity index (χ2n) is 3.78. The molecule has 0 atom stereocenters. The van der Waals surface area contributed by atoms with Crippen molar-refractivity contribution in [2.45, 2.75) is 11.3 Å². The Morgan fingerprint density at radius 2 is 2.25 bits per heavy atom. The molecule has 7 heteroatoms. The number of aromatic nitrogens is 2. The van der Waals surface area contributed by atoms with E-state index in [4.69, 9.17) is 9.47 Å². The third-order valence-corrected chi connectivity index (χ3v) is 4.32. The van der Waals surface area contributed by atoms with Gasteiger partial charge in [0.15, 0.2) is 4.34 Å². The summed E-state index contributed by atoms with van der Waals surface area (Å²) in [7, 11) is 1.65. The third-order valence-electron chi connectivity index (χ3n) is 2.38. The number of benzene rings is 1. The van der Waals surface area contributed by atoms with Crippen molar-refractivity contribution in [3.63, 3.8) is 0 Å². The first-order chi connectivity index (χ1) is 9.81. The van der Waals surface area contributed by atoms with E-state index in [-0.39, 0.29) is 0 Å². The zero-order chi connectivity index (χ0) is 14.2. The average molecular weight is 311 g/mol. The summed E-state index contributed by atoms with van der Waals surface area (Å²) in [5.74, 6) is 1.70. The van der Waals surface area contributed by atoms with Crippen LogP contribution in [0.5, 0.6) is 5.75 Å². The van der Waals surface area contributed by atoms with Crippen molar-refractivity contribution in [2.24, 2.45) is 0 Å². The van der Waals surface area contributed by atoms with Gasteiger partial charge in [-0.2, -0.15) is 0 Å². The molecule has 0 unspecified atom stereocenters. The van der Waals surface area contributed by atoms with Crippen LogP contribution in [0.4, 0.5) is 10.8 Å². The molecule has 0 aliphatic heterocycles. The molecule has 2 aromatic rings. The Balaban J connectivity index is 1.88. The summed E-state index contributed by atoms with van der Waals surface area (Å²) in [5, 5.41) is 12.3. The Morgan fingerprint density at radius 3 is 3.05 bits per heavy atom. The lowest BCUT2D eigenvalue weighted by atomic mass is 10.3. The number of ether oxygens (including phenoxy) is 2. The van der Waals surface area contributed by atoms with Crippen LogP contribution in [0.1, 0.15) is 6.92 Å². The molecule has 0 fully saturated rings. The van der Waals surface area contributed by atoms with Gasteiger partial charge in [-0.15, -0.1) is 10.2 Å². The van der Waals surface area contributed by atoms with Crippen LogP contribution in [-0.4, -0.2) is 36.3 Å². The molecule has 5 nitrogen and oxygen atoms in total. The third kappa shape index (κ3) is 4.66. The van der Waals surface area contributed by atoms with Gasteiger partial charge in [0.2, 0.25) is 5.13 Å². The zero-order valence-corrected chi connectivity index (χ0v) is 13.1. The maximum Gasteiger partial charge on any atom is 0.210 e. The van der Waals surface area contributed by atoms with Gasteiger partial charge in [0, 0.05) is 24.1 Å². The van der Waals surface area contributed by atoms with Crippen molar-refractivity contribution in [1.82, 2.24) is 10.2 Å². The number of nitrogens with one attached hydrogen (secondary N) is 1. The van der Waals surface area contributed by atoms with E-state index in [2.05, 4.69) is 15.5 Å². The van der Waals surface area contributed by atoms with Crippen LogP contribution in [0.3, 0.4) is 0 Å². The molecule has 0 saturated heterocycles. The van der Waals surface area contributed by atoms with E-state index in [1.54, 1.807) is 18.9 Å². The first-order valence-electron chi connectivity index (χ1n) is 6.27. The molecule has 0 aliphatic rings.